The van der Waals surface area contributed by atoms with Crippen molar-refractivity contribution in [1.29, 1.82) is 5.26 Å². The molecule has 1 heterocycles. The number of hydrogen-bond acceptors (Lipinski definition) is 4. The molecule has 5 nitrogen and oxygen atoms in total. The molecule has 114 valence electrons. The smallest absolute Gasteiger partial charge is 0.236 e. The number of sulfonamides is 1. The van der Waals surface area contributed by atoms with E-state index in [2.05, 4.69) is 9.71 Å². The molecule has 23 heavy (non-hydrogen) atoms. The highest BCUT2D eigenvalue weighted by atomic mass is 32.2. The molecule has 3 aromatic rings. The van der Waals surface area contributed by atoms with Crippen LogP contribution in [-0.4, -0.2) is 13.4 Å². The monoisotopic (exact) mass is 323 g/mol. The predicted molar refractivity (Wildman–Crippen MR) is 89.1 cm³/mol. The summed E-state index contributed by atoms with van der Waals surface area (Å²) in [6.07, 6.45) is 3.19. The number of rotatable bonds is 4. The van der Waals surface area contributed by atoms with E-state index in [1.54, 1.807) is 30.5 Å². The fourth-order valence-corrected chi connectivity index (χ4v) is 3.50. The Morgan fingerprint density at radius 2 is 1.78 bits per heavy atom. The summed E-state index contributed by atoms with van der Waals surface area (Å²) >= 11 is 0. The summed E-state index contributed by atoms with van der Waals surface area (Å²) in [5, 5.41) is 10.4. The molecular weight excluding hydrogens is 310 g/mol. The molecule has 0 fully saturated rings. The third-order valence-corrected chi connectivity index (χ3v) is 4.62. The molecule has 0 amide bonds. The number of hydrogen-bond donors (Lipinski definition) is 1. The quantitative estimate of drug-likeness (QED) is 0.800. The molecule has 0 aliphatic carbocycles. The third-order valence-electron chi connectivity index (χ3n) is 3.37. The third kappa shape index (κ3) is 3.47. The Morgan fingerprint density at radius 3 is 2.52 bits per heavy atom. The molecule has 0 unspecified atom stereocenters. The summed E-state index contributed by atoms with van der Waals surface area (Å²) in [4.78, 5) is 4.06. The summed E-state index contributed by atoms with van der Waals surface area (Å²) in [6, 6.07) is 15.9. The first-order valence-electron chi connectivity index (χ1n) is 6.90. The van der Waals surface area contributed by atoms with Gasteiger partial charge in [0.1, 0.15) is 0 Å². The lowest BCUT2D eigenvalue weighted by Gasteiger charge is -2.10. The molecule has 2 aromatic carbocycles. The Bertz CT molecular complexity index is 985. The molecule has 0 radical (unpaired) electrons. The van der Waals surface area contributed by atoms with Crippen LogP contribution < -0.4 is 4.72 Å². The van der Waals surface area contributed by atoms with Crippen LogP contribution in [0.15, 0.2) is 60.9 Å². The minimum absolute atomic E-state index is 0.165. The average molecular weight is 323 g/mol. The van der Waals surface area contributed by atoms with Crippen molar-refractivity contribution >= 4 is 26.5 Å². The zero-order valence-electron chi connectivity index (χ0n) is 12.1. The SMILES string of the molecule is N#Cc1ccc(CS(=O)(=O)Nc2cncc3ccccc23)cc1. The standard InChI is InChI=1S/C17H13N3O2S/c18-9-13-5-7-14(8-6-13)12-23(21,22)20-17-11-19-10-15-3-1-2-4-16(15)17/h1-8,10-11,20H,12H2. The first-order valence-corrected chi connectivity index (χ1v) is 8.55. The van der Waals surface area contributed by atoms with Gasteiger partial charge >= 0.3 is 0 Å². The molecule has 0 atom stereocenters. The normalized spacial score (nSPS) is 11.1. The van der Waals surface area contributed by atoms with Gasteiger partial charge in [-0.1, -0.05) is 36.4 Å². The van der Waals surface area contributed by atoms with E-state index in [4.69, 9.17) is 5.26 Å². The lowest BCUT2D eigenvalue weighted by Crippen LogP contribution is -2.15. The average Bonchev–Trinajstić information content (AvgIpc) is 2.55. The topological polar surface area (TPSA) is 82.8 Å². The lowest BCUT2D eigenvalue weighted by molar-refractivity contribution is 0.600. The lowest BCUT2D eigenvalue weighted by atomic mass is 10.1. The zero-order chi connectivity index (χ0) is 16.3. The van der Waals surface area contributed by atoms with Crippen molar-refractivity contribution in [1.82, 2.24) is 4.98 Å². The summed E-state index contributed by atoms with van der Waals surface area (Å²) in [6.45, 7) is 0. The van der Waals surface area contributed by atoms with E-state index in [1.165, 1.54) is 6.20 Å². The van der Waals surface area contributed by atoms with E-state index in [1.807, 2.05) is 30.3 Å². The van der Waals surface area contributed by atoms with Gasteiger partial charge in [-0.3, -0.25) is 9.71 Å². The summed E-state index contributed by atoms with van der Waals surface area (Å²) < 4.78 is 27.3. The second kappa shape index (κ2) is 6.07. The Morgan fingerprint density at radius 1 is 1.04 bits per heavy atom. The van der Waals surface area contributed by atoms with Gasteiger partial charge in [0.15, 0.2) is 0 Å². The highest BCUT2D eigenvalue weighted by Gasteiger charge is 2.13. The Kier molecular flexibility index (Phi) is 3.96. The van der Waals surface area contributed by atoms with Crippen LogP contribution in [0.4, 0.5) is 5.69 Å². The summed E-state index contributed by atoms with van der Waals surface area (Å²) in [5.74, 6) is -0.165. The van der Waals surface area contributed by atoms with Crippen molar-refractivity contribution in [2.24, 2.45) is 0 Å². The minimum atomic E-state index is -3.57. The predicted octanol–water partition coefficient (Wildman–Crippen LogP) is 3.05. The number of nitriles is 1. The summed E-state index contributed by atoms with van der Waals surface area (Å²) in [7, 11) is -3.57. The van der Waals surface area contributed by atoms with Crippen LogP contribution in [0.5, 0.6) is 0 Å². The van der Waals surface area contributed by atoms with Crippen LogP contribution in [0.3, 0.4) is 0 Å². The van der Waals surface area contributed by atoms with Gasteiger partial charge in [-0.15, -0.1) is 0 Å². The van der Waals surface area contributed by atoms with E-state index < -0.39 is 10.0 Å². The number of benzene rings is 2. The van der Waals surface area contributed by atoms with E-state index >= 15 is 0 Å². The molecule has 0 aliphatic heterocycles. The number of nitrogens with one attached hydrogen (secondary N) is 1. The molecule has 1 aromatic heterocycles. The first-order chi connectivity index (χ1) is 11.1. The van der Waals surface area contributed by atoms with Gasteiger partial charge < -0.3 is 0 Å². The maximum Gasteiger partial charge on any atom is 0.236 e. The Labute approximate surface area is 134 Å². The van der Waals surface area contributed by atoms with E-state index in [0.717, 1.165) is 10.8 Å². The van der Waals surface area contributed by atoms with Gasteiger partial charge in [0.2, 0.25) is 10.0 Å². The first kappa shape index (κ1) is 15.0. The van der Waals surface area contributed by atoms with E-state index in [0.29, 0.717) is 16.8 Å². The maximum atomic E-state index is 12.4. The van der Waals surface area contributed by atoms with E-state index in [-0.39, 0.29) is 5.75 Å². The van der Waals surface area contributed by atoms with Crippen molar-refractivity contribution in [2.75, 3.05) is 4.72 Å². The highest BCUT2D eigenvalue weighted by Crippen LogP contribution is 2.23. The molecular formula is C17H13N3O2S. The van der Waals surface area contributed by atoms with Crippen molar-refractivity contribution < 1.29 is 8.42 Å². The summed E-state index contributed by atoms with van der Waals surface area (Å²) in [5.41, 5.74) is 1.57. The molecule has 0 aliphatic rings. The molecule has 0 saturated carbocycles. The number of anilines is 1. The molecule has 0 spiro atoms. The van der Waals surface area contributed by atoms with Gasteiger partial charge in [-0.2, -0.15) is 5.26 Å². The fourth-order valence-electron chi connectivity index (χ4n) is 2.30. The van der Waals surface area contributed by atoms with Crippen LogP contribution in [0, 0.1) is 11.3 Å². The fraction of sp³-hybridized carbons (Fsp3) is 0.0588. The van der Waals surface area contributed by atoms with Crippen molar-refractivity contribution in [3.63, 3.8) is 0 Å². The van der Waals surface area contributed by atoms with Crippen molar-refractivity contribution in [3.8, 4) is 6.07 Å². The van der Waals surface area contributed by atoms with Gasteiger partial charge in [0, 0.05) is 17.0 Å². The number of nitrogens with zero attached hydrogens (tertiary/aromatic N) is 2. The molecule has 0 saturated heterocycles. The highest BCUT2D eigenvalue weighted by molar-refractivity contribution is 7.91. The molecule has 0 bridgehead atoms. The maximum absolute atomic E-state index is 12.4. The van der Waals surface area contributed by atoms with Crippen LogP contribution in [0.1, 0.15) is 11.1 Å². The molecule has 3 rings (SSSR count). The van der Waals surface area contributed by atoms with Crippen LogP contribution >= 0.6 is 0 Å². The van der Waals surface area contributed by atoms with Gasteiger partial charge in [0.25, 0.3) is 0 Å². The molecule has 1 N–H and O–H groups in total. The second-order valence-electron chi connectivity index (χ2n) is 5.08. The van der Waals surface area contributed by atoms with Crippen LogP contribution in [0.2, 0.25) is 0 Å². The largest absolute Gasteiger partial charge is 0.281 e. The van der Waals surface area contributed by atoms with E-state index in [9.17, 15) is 8.42 Å². The minimum Gasteiger partial charge on any atom is -0.281 e. The second-order valence-corrected chi connectivity index (χ2v) is 6.80. The Hall–Kier alpha value is -2.91. The van der Waals surface area contributed by atoms with Gasteiger partial charge in [-0.25, -0.2) is 8.42 Å². The zero-order valence-corrected chi connectivity index (χ0v) is 12.9. The Balaban J connectivity index is 1.86. The molecule has 6 heteroatoms. The van der Waals surface area contributed by atoms with Crippen molar-refractivity contribution in [3.05, 3.63) is 72.1 Å². The van der Waals surface area contributed by atoms with Crippen LogP contribution in [-0.2, 0) is 15.8 Å². The number of pyridine rings is 1. The number of aromatic nitrogens is 1. The number of fused-ring (bicyclic) bond motifs is 1. The van der Waals surface area contributed by atoms with Crippen molar-refractivity contribution in [2.45, 2.75) is 5.75 Å². The van der Waals surface area contributed by atoms with Crippen LogP contribution in [0.25, 0.3) is 10.8 Å². The van der Waals surface area contributed by atoms with Gasteiger partial charge in [-0.05, 0) is 17.7 Å². The van der Waals surface area contributed by atoms with Gasteiger partial charge in [0.05, 0.1) is 29.3 Å².